The van der Waals surface area contributed by atoms with Crippen molar-refractivity contribution in [2.24, 2.45) is 4.99 Å². The summed E-state index contributed by atoms with van der Waals surface area (Å²) in [4.78, 5) is 4.22. The molecule has 1 aromatic carbocycles. The first-order valence-corrected chi connectivity index (χ1v) is 8.66. The zero-order valence-corrected chi connectivity index (χ0v) is 18.4. The van der Waals surface area contributed by atoms with Gasteiger partial charge in [0, 0.05) is 57.3 Å². The topological polar surface area (TPSA) is 69.0 Å². The fourth-order valence-corrected chi connectivity index (χ4v) is 2.38. The van der Waals surface area contributed by atoms with E-state index >= 15 is 0 Å². The Labute approximate surface area is 178 Å². The van der Waals surface area contributed by atoms with Crippen LogP contribution in [0.5, 0.6) is 17.2 Å². The summed E-state index contributed by atoms with van der Waals surface area (Å²) in [5.74, 6) is 2.95. The van der Waals surface area contributed by atoms with Crippen LogP contribution in [0.2, 0.25) is 0 Å². The van der Waals surface area contributed by atoms with Crippen LogP contribution < -0.4 is 24.8 Å². The van der Waals surface area contributed by atoms with Crippen LogP contribution in [0.1, 0.15) is 6.42 Å². The van der Waals surface area contributed by atoms with Gasteiger partial charge in [-0.05, 0) is 18.6 Å². The fourth-order valence-electron chi connectivity index (χ4n) is 2.38. The lowest BCUT2D eigenvalue weighted by Crippen LogP contribution is -2.39. The highest BCUT2D eigenvalue weighted by Gasteiger charge is 2.03. The molecule has 0 aliphatic rings. The molecule has 0 amide bonds. The number of halogens is 1. The van der Waals surface area contributed by atoms with E-state index in [4.69, 9.17) is 14.2 Å². The maximum Gasteiger partial charge on any atom is 0.191 e. The van der Waals surface area contributed by atoms with Crippen molar-refractivity contribution in [3.05, 3.63) is 42.7 Å². The van der Waals surface area contributed by atoms with Crippen LogP contribution in [-0.2, 0) is 6.54 Å². The molecule has 0 atom stereocenters. The first-order valence-electron chi connectivity index (χ1n) is 8.66. The number of methoxy groups -OCH3 is 2. The molecule has 0 saturated heterocycles. The Morgan fingerprint density at radius 3 is 2.15 bits per heavy atom. The normalized spacial score (nSPS) is 10.7. The van der Waals surface area contributed by atoms with Crippen LogP contribution >= 0.6 is 24.0 Å². The SMILES string of the molecule is CN=C(NCCCOc1cc(OC)cc(OC)c1)NCCn1cccc1.I. The number of hydrogen-bond acceptors (Lipinski definition) is 4. The highest BCUT2D eigenvalue weighted by atomic mass is 127. The van der Waals surface area contributed by atoms with E-state index in [0.717, 1.165) is 37.8 Å². The predicted octanol–water partition coefficient (Wildman–Crippen LogP) is 2.76. The maximum atomic E-state index is 5.77. The minimum Gasteiger partial charge on any atom is -0.496 e. The van der Waals surface area contributed by atoms with Gasteiger partial charge in [-0.2, -0.15) is 0 Å². The van der Waals surface area contributed by atoms with Crippen LogP contribution in [0.25, 0.3) is 0 Å². The number of rotatable bonds is 10. The molecule has 0 bridgehead atoms. The second kappa shape index (κ2) is 13.1. The van der Waals surface area contributed by atoms with Crippen LogP contribution in [0.3, 0.4) is 0 Å². The molecular weight excluding hydrogens is 459 g/mol. The Morgan fingerprint density at radius 2 is 1.56 bits per heavy atom. The summed E-state index contributed by atoms with van der Waals surface area (Å²) in [7, 11) is 5.01. The smallest absolute Gasteiger partial charge is 0.191 e. The van der Waals surface area contributed by atoms with Gasteiger partial charge in [0.15, 0.2) is 5.96 Å². The van der Waals surface area contributed by atoms with Gasteiger partial charge < -0.3 is 29.4 Å². The monoisotopic (exact) mass is 488 g/mol. The molecule has 27 heavy (non-hydrogen) atoms. The third kappa shape index (κ3) is 8.42. The molecule has 0 saturated carbocycles. The molecule has 2 N–H and O–H groups in total. The van der Waals surface area contributed by atoms with Crippen LogP contribution in [0.15, 0.2) is 47.7 Å². The van der Waals surface area contributed by atoms with Crippen molar-refractivity contribution in [3.8, 4) is 17.2 Å². The molecule has 0 unspecified atom stereocenters. The molecule has 8 heteroatoms. The summed E-state index contributed by atoms with van der Waals surface area (Å²) >= 11 is 0. The number of guanidine groups is 1. The molecule has 0 aliphatic heterocycles. The van der Waals surface area contributed by atoms with E-state index in [9.17, 15) is 0 Å². The number of aromatic nitrogens is 1. The molecule has 7 nitrogen and oxygen atoms in total. The summed E-state index contributed by atoms with van der Waals surface area (Å²) in [6, 6.07) is 9.54. The van der Waals surface area contributed by atoms with E-state index in [-0.39, 0.29) is 24.0 Å². The molecule has 0 fully saturated rings. The minimum atomic E-state index is 0. The van der Waals surface area contributed by atoms with Crippen molar-refractivity contribution in [3.63, 3.8) is 0 Å². The molecule has 1 aromatic heterocycles. The molecular formula is C19H29IN4O3. The fraction of sp³-hybridized carbons (Fsp3) is 0.421. The Bertz CT molecular complexity index is 655. The number of nitrogens with one attached hydrogen (secondary N) is 2. The first-order chi connectivity index (χ1) is 12.7. The van der Waals surface area contributed by atoms with E-state index in [1.165, 1.54) is 0 Å². The number of nitrogens with zero attached hydrogens (tertiary/aromatic N) is 2. The third-order valence-corrected chi connectivity index (χ3v) is 3.76. The van der Waals surface area contributed by atoms with Gasteiger partial charge in [0.2, 0.25) is 0 Å². The van der Waals surface area contributed by atoms with Crippen molar-refractivity contribution < 1.29 is 14.2 Å². The lowest BCUT2D eigenvalue weighted by molar-refractivity contribution is 0.305. The van der Waals surface area contributed by atoms with Gasteiger partial charge in [-0.25, -0.2) is 0 Å². The Hall–Kier alpha value is -2.10. The van der Waals surface area contributed by atoms with Crippen LogP contribution in [0.4, 0.5) is 0 Å². The zero-order chi connectivity index (χ0) is 18.6. The van der Waals surface area contributed by atoms with Gasteiger partial charge in [0.05, 0.1) is 20.8 Å². The lowest BCUT2D eigenvalue weighted by Gasteiger charge is -2.13. The van der Waals surface area contributed by atoms with Crippen LogP contribution in [0, 0.1) is 0 Å². The van der Waals surface area contributed by atoms with Gasteiger partial charge >= 0.3 is 0 Å². The molecule has 2 aromatic rings. The summed E-state index contributed by atoms with van der Waals surface area (Å²) in [6.45, 7) is 3.07. The molecule has 2 rings (SSSR count). The second-order valence-corrected chi connectivity index (χ2v) is 5.60. The van der Waals surface area contributed by atoms with E-state index in [2.05, 4.69) is 20.2 Å². The average Bonchev–Trinajstić information content (AvgIpc) is 3.19. The Morgan fingerprint density at radius 1 is 0.963 bits per heavy atom. The van der Waals surface area contributed by atoms with Crippen molar-refractivity contribution in [2.45, 2.75) is 13.0 Å². The summed E-state index contributed by atoms with van der Waals surface area (Å²) in [5.41, 5.74) is 0. The Balaban J connectivity index is 0.00000364. The summed E-state index contributed by atoms with van der Waals surface area (Å²) in [5, 5.41) is 6.57. The molecule has 0 spiro atoms. The van der Waals surface area contributed by atoms with Crippen LogP contribution in [-0.4, -0.2) is 51.5 Å². The lowest BCUT2D eigenvalue weighted by atomic mass is 10.3. The predicted molar refractivity (Wildman–Crippen MR) is 119 cm³/mol. The van der Waals surface area contributed by atoms with Gasteiger partial charge in [0.25, 0.3) is 0 Å². The maximum absolute atomic E-state index is 5.77. The average molecular weight is 488 g/mol. The van der Waals surface area contributed by atoms with E-state index in [1.807, 2.05) is 42.7 Å². The highest BCUT2D eigenvalue weighted by Crippen LogP contribution is 2.27. The van der Waals surface area contributed by atoms with Crippen molar-refractivity contribution in [1.82, 2.24) is 15.2 Å². The van der Waals surface area contributed by atoms with E-state index in [0.29, 0.717) is 18.1 Å². The van der Waals surface area contributed by atoms with Crippen molar-refractivity contribution in [1.29, 1.82) is 0 Å². The number of hydrogen-bond donors (Lipinski definition) is 2. The highest BCUT2D eigenvalue weighted by molar-refractivity contribution is 14.0. The molecule has 150 valence electrons. The quantitative estimate of drug-likeness (QED) is 0.233. The zero-order valence-electron chi connectivity index (χ0n) is 16.1. The molecule has 1 heterocycles. The Kier molecular flexibility index (Phi) is 11.2. The third-order valence-electron chi connectivity index (χ3n) is 3.76. The summed E-state index contributed by atoms with van der Waals surface area (Å²) < 4.78 is 18.4. The van der Waals surface area contributed by atoms with Crippen molar-refractivity contribution >= 4 is 29.9 Å². The van der Waals surface area contributed by atoms with Crippen molar-refractivity contribution in [2.75, 3.05) is 41.0 Å². The van der Waals surface area contributed by atoms with Gasteiger partial charge in [-0.1, -0.05) is 0 Å². The molecule has 0 radical (unpaired) electrons. The summed E-state index contributed by atoms with van der Waals surface area (Å²) in [6.07, 6.45) is 4.93. The van der Waals surface area contributed by atoms with E-state index < -0.39 is 0 Å². The van der Waals surface area contributed by atoms with Gasteiger partial charge in [-0.15, -0.1) is 24.0 Å². The number of benzene rings is 1. The number of aliphatic imine (C=N–C) groups is 1. The van der Waals surface area contributed by atoms with Gasteiger partial charge in [-0.3, -0.25) is 4.99 Å². The van der Waals surface area contributed by atoms with E-state index in [1.54, 1.807) is 21.3 Å². The number of ether oxygens (including phenoxy) is 3. The largest absolute Gasteiger partial charge is 0.496 e. The van der Waals surface area contributed by atoms with Gasteiger partial charge in [0.1, 0.15) is 17.2 Å². The first kappa shape index (κ1) is 22.9. The molecule has 0 aliphatic carbocycles. The minimum absolute atomic E-state index is 0. The second-order valence-electron chi connectivity index (χ2n) is 5.60. The standard InChI is InChI=1S/C19H28N4O3.HI/c1-20-19(22-8-11-23-9-4-5-10-23)21-7-6-12-26-18-14-16(24-2)13-17(15-18)25-3;/h4-5,9-10,13-15H,6-8,11-12H2,1-3H3,(H2,20,21,22);1H.